The van der Waals surface area contributed by atoms with Gasteiger partial charge in [-0.05, 0) is 30.2 Å². The first-order chi connectivity index (χ1) is 9.74. The summed E-state index contributed by atoms with van der Waals surface area (Å²) in [7, 11) is 1.65. The molecule has 0 fully saturated rings. The number of furan rings is 1. The average Bonchev–Trinajstić information content (AvgIpc) is 3.00. The van der Waals surface area contributed by atoms with Crippen LogP contribution in [0.5, 0.6) is 0 Å². The van der Waals surface area contributed by atoms with Crippen molar-refractivity contribution < 1.29 is 9.21 Å². The normalized spacial score (nSPS) is 11.9. The first-order valence-corrected chi connectivity index (χ1v) is 6.83. The Morgan fingerprint density at radius 2 is 2.05 bits per heavy atom. The molecule has 4 nitrogen and oxygen atoms in total. The SMILES string of the molecule is CCC(Nc1ccccc1CC(=O)NC)c1ccco1. The van der Waals surface area contributed by atoms with Gasteiger partial charge in [0, 0.05) is 12.7 Å². The van der Waals surface area contributed by atoms with Crippen molar-refractivity contribution in [2.75, 3.05) is 12.4 Å². The van der Waals surface area contributed by atoms with Gasteiger partial charge in [-0.1, -0.05) is 25.1 Å². The summed E-state index contributed by atoms with van der Waals surface area (Å²) < 4.78 is 5.46. The average molecular weight is 272 g/mol. The summed E-state index contributed by atoms with van der Waals surface area (Å²) in [6, 6.07) is 11.8. The van der Waals surface area contributed by atoms with Crippen LogP contribution in [0.3, 0.4) is 0 Å². The molecule has 1 heterocycles. The molecule has 2 rings (SSSR count). The first kappa shape index (κ1) is 14.2. The standard InChI is InChI=1S/C16H20N2O2/c1-3-13(15-9-6-10-20-15)18-14-8-5-4-7-12(14)11-16(19)17-2/h4-10,13,18H,3,11H2,1-2H3,(H,17,19). The molecule has 1 aromatic carbocycles. The molecule has 1 unspecified atom stereocenters. The third-order valence-electron chi connectivity index (χ3n) is 3.27. The highest BCUT2D eigenvalue weighted by Gasteiger charge is 2.14. The molecular formula is C16H20N2O2. The third kappa shape index (κ3) is 3.41. The monoisotopic (exact) mass is 272 g/mol. The lowest BCUT2D eigenvalue weighted by molar-refractivity contribution is -0.119. The number of likely N-dealkylation sites (N-methyl/N-ethyl adjacent to an activating group) is 1. The summed E-state index contributed by atoms with van der Waals surface area (Å²) in [6.45, 7) is 2.10. The fraction of sp³-hybridized carbons (Fsp3) is 0.312. The maximum Gasteiger partial charge on any atom is 0.224 e. The fourth-order valence-electron chi connectivity index (χ4n) is 2.13. The second kappa shape index (κ2) is 6.80. The minimum atomic E-state index is 0.00490. The number of amides is 1. The van der Waals surface area contributed by atoms with E-state index in [0.29, 0.717) is 6.42 Å². The molecule has 4 heteroatoms. The molecule has 0 spiro atoms. The number of nitrogens with one attached hydrogen (secondary N) is 2. The highest BCUT2D eigenvalue weighted by molar-refractivity contribution is 5.80. The molecule has 1 atom stereocenters. The van der Waals surface area contributed by atoms with E-state index in [-0.39, 0.29) is 11.9 Å². The Morgan fingerprint density at radius 1 is 1.25 bits per heavy atom. The van der Waals surface area contributed by atoms with Crippen molar-refractivity contribution in [2.45, 2.75) is 25.8 Å². The smallest absolute Gasteiger partial charge is 0.224 e. The van der Waals surface area contributed by atoms with Gasteiger partial charge in [0.2, 0.25) is 5.91 Å². The van der Waals surface area contributed by atoms with Crippen LogP contribution < -0.4 is 10.6 Å². The van der Waals surface area contributed by atoms with Crippen LogP contribution in [0.4, 0.5) is 5.69 Å². The van der Waals surface area contributed by atoms with E-state index in [4.69, 9.17) is 4.42 Å². The number of para-hydroxylation sites is 1. The summed E-state index contributed by atoms with van der Waals surface area (Å²) in [5, 5.41) is 6.11. The largest absolute Gasteiger partial charge is 0.467 e. The Labute approximate surface area is 119 Å². The summed E-state index contributed by atoms with van der Waals surface area (Å²) in [4.78, 5) is 11.6. The van der Waals surface area contributed by atoms with Crippen LogP contribution >= 0.6 is 0 Å². The fourth-order valence-corrected chi connectivity index (χ4v) is 2.13. The molecule has 0 bridgehead atoms. The zero-order valence-corrected chi connectivity index (χ0v) is 11.8. The topological polar surface area (TPSA) is 54.3 Å². The van der Waals surface area contributed by atoms with Crippen LogP contribution in [0.2, 0.25) is 0 Å². The van der Waals surface area contributed by atoms with Crippen molar-refractivity contribution in [3.63, 3.8) is 0 Å². The highest BCUT2D eigenvalue weighted by Crippen LogP contribution is 2.25. The van der Waals surface area contributed by atoms with E-state index >= 15 is 0 Å². The molecule has 0 aliphatic rings. The van der Waals surface area contributed by atoms with Gasteiger partial charge in [0.15, 0.2) is 0 Å². The van der Waals surface area contributed by atoms with Gasteiger partial charge in [-0.25, -0.2) is 0 Å². The maximum atomic E-state index is 11.6. The predicted molar refractivity (Wildman–Crippen MR) is 79.6 cm³/mol. The van der Waals surface area contributed by atoms with Crippen LogP contribution in [-0.4, -0.2) is 13.0 Å². The third-order valence-corrected chi connectivity index (χ3v) is 3.27. The van der Waals surface area contributed by atoms with Crippen LogP contribution in [-0.2, 0) is 11.2 Å². The molecule has 0 saturated carbocycles. The van der Waals surface area contributed by atoms with Gasteiger partial charge in [0.05, 0.1) is 18.7 Å². The van der Waals surface area contributed by atoms with Crippen LogP contribution in [0.25, 0.3) is 0 Å². The van der Waals surface area contributed by atoms with Crippen molar-refractivity contribution >= 4 is 11.6 Å². The lowest BCUT2D eigenvalue weighted by Crippen LogP contribution is -2.21. The zero-order valence-electron chi connectivity index (χ0n) is 11.8. The van der Waals surface area contributed by atoms with Crippen molar-refractivity contribution in [1.29, 1.82) is 0 Å². The van der Waals surface area contributed by atoms with Crippen LogP contribution in [0, 0.1) is 0 Å². The number of hydrogen-bond donors (Lipinski definition) is 2. The van der Waals surface area contributed by atoms with E-state index in [9.17, 15) is 4.79 Å². The zero-order chi connectivity index (χ0) is 14.4. The molecule has 2 N–H and O–H groups in total. The Balaban J connectivity index is 2.17. The molecule has 106 valence electrons. The Kier molecular flexibility index (Phi) is 4.82. The number of rotatable bonds is 6. The Morgan fingerprint density at radius 3 is 2.70 bits per heavy atom. The minimum absolute atomic E-state index is 0.00490. The predicted octanol–water partition coefficient (Wildman–Crippen LogP) is 3.13. The Hall–Kier alpha value is -2.23. The van der Waals surface area contributed by atoms with Gasteiger partial charge in [-0.2, -0.15) is 0 Å². The lowest BCUT2D eigenvalue weighted by atomic mass is 10.1. The molecule has 2 aromatic rings. The van der Waals surface area contributed by atoms with E-state index in [0.717, 1.165) is 23.4 Å². The van der Waals surface area contributed by atoms with Gasteiger partial charge >= 0.3 is 0 Å². The highest BCUT2D eigenvalue weighted by atomic mass is 16.3. The first-order valence-electron chi connectivity index (χ1n) is 6.83. The second-order valence-corrected chi connectivity index (χ2v) is 4.63. The maximum absolute atomic E-state index is 11.6. The molecule has 1 amide bonds. The summed E-state index contributed by atoms with van der Waals surface area (Å²) in [5.74, 6) is 0.910. The van der Waals surface area contributed by atoms with E-state index < -0.39 is 0 Å². The van der Waals surface area contributed by atoms with Crippen molar-refractivity contribution in [2.24, 2.45) is 0 Å². The lowest BCUT2D eigenvalue weighted by Gasteiger charge is -2.18. The number of hydrogen-bond acceptors (Lipinski definition) is 3. The van der Waals surface area contributed by atoms with E-state index in [1.165, 1.54) is 0 Å². The molecular weight excluding hydrogens is 252 g/mol. The van der Waals surface area contributed by atoms with Crippen molar-refractivity contribution in [3.8, 4) is 0 Å². The molecule has 0 aliphatic heterocycles. The van der Waals surface area contributed by atoms with Gasteiger partial charge in [-0.3, -0.25) is 4.79 Å². The van der Waals surface area contributed by atoms with E-state index in [1.54, 1.807) is 13.3 Å². The molecule has 1 aromatic heterocycles. The van der Waals surface area contributed by atoms with E-state index in [1.807, 2.05) is 36.4 Å². The molecule has 0 aliphatic carbocycles. The number of benzene rings is 1. The van der Waals surface area contributed by atoms with Gasteiger partial charge in [0.25, 0.3) is 0 Å². The Bertz CT molecular complexity index is 549. The van der Waals surface area contributed by atoms with Gasteiger partial charge in [0.1, 0.15) is 5.76 Å². The van der Waals surface area contributed by atoms with Crippen molar-refractivity contribution in [3.05, 3.63) is 54.0 Å². The minimum Gasteiger partial charge on any atom is -0.467 e. The van der Waals surface area contributed by atoms with E-state index in [2.05, 4.69) is 17.6 Å². The molecule has 20 heavy (non-hydrogen) atoms. The number of carbonyl (C=O) groups is 1. The van der Waals surface area contributed by atoms with Crippen LogP contribution in [0.1, 0.15) is 30.7 Å². The second-order valence-electron chi connectivity index (χ2n) is 4.63. The van der Waals surface area contributed by atoms with Crippen LogP contribution in [0.15, 0.2) is 47.1 Å². The molecule has 0 saturated heterocycles. The number of anilines is 1. The quantitative estimate of drug-likeness (QED) is 0.849. The van der Waals surface area contributed by atoms with Crippen molar-refractivity contribution in [1.82, 2.24) is 5.32 Å². The number of carbonyl (C=O) groups excluding carboxylic acids is 1. The summed E-state index contributed by atoms with van der Waals surface area (Å²) in [6.07, 6.45) is 2.95. The van der Waals surface area contributed by atoms with Gasteiger partial charge in [-0.15, -0.1) is 0 Å². The summed E-state index contributed by atoms with van der Waals surface area (Å²) in [5.41, 5.74) is 1.95. The van der Waals surface area contributed by atoms with Gasteiger partial charge < -0.3 is 15.1 Å². The molecule has 0 radical (unpaired) electrons. The summed E-state index contributed by atoms with van der Waals surface area (Å²) >= 11 is 0.